The van der Waals surface area contributed by atoms with Gasteiger partial charge in [-0.25, -0.2) is 4.79 Å². The number of carboxylic acids is 1. The number of nitrogens with zero attached hydrogens (tertiary/aromatic N) is 1. The van der Waals surface area contributed by atoms with E-state index in [1.807, 2.05) is 6.07 Å². The van der Waals surface area contributed by atoms with Gasteiger partial charge in [-0.05, 0) is 73.6 Å². The maximum atomic E-state index is 14.7. The number of quaternary nitrogens is 1. The fourth-order valence-electron chi connectivity index (χ4n) is 8.50. The number of benzene rings is 1. The first kappa shape index (κ1) is 34.9. The Kier molecular flexibility index (Phi) is 11.0. The Morgan fingerprint density at radius 2 is 1.74 bits per heavy atom. The van der Waals surface area contributed by atoms with Gasteiger partial charge in [0.2, 0.25) is 11.6 Å². The molecule has 2 unspecified atom stereocenters. The third-order valence-corrected chi connectivity index (χ3v) is 11.0. The summed E-state index contributed by atoms with van der Waals surface area (Å²) in [4.78, 5) is 41.5. The van der Waals surface area contributed by atoms with Crippen molar-refractivity contribution in [1.82, 2.24) is 15.5 Å². The van der Waals surface area contributed by atoms with Crippen molar-refractivity contribution in [1.29, 1.82) is 0 Å². The molecule has 2 aliphatic carbocycles. The maximum absolute atomic E-state index is 14.7. The lowest BCUT2D eigenvalue weighted by molar-refractivity contribution is -0.640. The van der Waals surface area contributed by atoms with Crippen LogP contribution in [-0.2, 0) is 15.0 Å². The number of hydrogen-bond donors (Lipinski definition) is 3. The van der Waals surface area contributed by atoms with Gasteiger partial charge in [-0.2, -0.15) is 18.2 Å². The lowest BCUT2D eigenvalue weighted by Gasteiger charge is -2.47. The Morgan fingerprint density at radius 1 is 1.04 bits per heavy atom. The van der Waals surface area contributed by atoms with Gasteiger partial charge < -0.3 is 30.8 Å². The topological polar surface area (TPSA) is 132 Å². The van der Waals surface area contributed by atoms with E-state index < -0.39 is 12.1 Å². The van der Waals surface area contributed by atoms with E-state index >= 15 is 0 Å². The summed E-state index contributed by atoms with van der Waals surface area (Å²) in [6.45, 7) is 2.53. The minimum absolute atomic E-state index is 0.0823. The number of nitrogens with one attached hydrogen (secondary N) is 3. The van der Waals surface area contributed by atoms with Gasteiger partial charge in [-0.15, -0.1) is 0 Å². The molecular formula is C34H44ClF3N5O4+. The van der Waals surface area contributed by atoms with Crippen molar-refractivity contribution in [2.75, 3.05) is 26.7 Å². The summed E-state index contributed by atoms with van der Waals surface area (Å²) < 4.78 is 31.5. The van der Waals surface area contributed by atoms with Crippen LogP contribution in [0.5, 0.6) is 0 Å². The highest BCUT2D eigenvalue weighted by atomic mass is 35.5. The van der Waals surface area contributed by atoms with E-state index in [9.17, 15) is 22.8 Å². The smallest absolute Gasteiger partial charge is 0.430 e. The third kappa shape index (κ3) is 7.69. The van der Waals surface area contributed by atoms with Gasteiger partial charge in [-0.1, -0.05) is 49.6 Å². The van der Waals surface area contributed by atoms with E-state index in [1.54, 1.807) is 7.05 Å². The second kappa shape index (κ2) is 14.8. The molecule has 0 bridgehead atoms. The molecule has 1 aromatic carbocycles. The molecule has 2 aromatic rings. The normalized spacial score (nSPS) is 27.7. The van der Waals surface area contributed by atoms with E-state index in [0.29, 0.717) is 28.9 Å². The minimum Gasteiger partial charge on any atom is -0.542 e. The number of H-pyrrole nitrogens is 1. The molecule has 13 heteroatoms. The predicted octanol–water partition coefficient (Wildman–Crippen LogP) is 3.00. The summed E-state index contributed by atoms with van der Waals surface area (Å²) in [5.74, 6) is -1.63. The fourth-order valence-corrected chi connectivity index (χ4v) is 8.66. The first-order chi connectivity index (χ1) is 22.4. The highest BCUT2D eigenvalue weighted by Crippen LogP contribution is 2.48. The lowest BCUT2D eigenvalue weighted by atomic mass is 9.63. The number of urea groups is 1. The van der Waals surface area contributed by atoms with Gasteiger partial charge in [0.15, 0.2) is 0 Å². The van der Waals surface area contributed by atoms with Crippen LogP contribution in [0.4, 0.5) is 18.0 Å². The summed E-state index contributed by atoms with van der Waals surface area (Å²) in [6, 6.07) is 14.9. The van der Waals surface area contributed by atoms with Crippen molar-refractivity contribution in [2.45, 2.75) is 87.4 Å². The maximum Gasteiger partial charge on any atom is 0.430 e. The number of hydrogen-bond acceptors (Lipinski definition) is 4. The molecule has 2 saturated heterocycles. The largest absolute Gasteiger partial charge is 0.542 e. The molecule has 1 spiro atoms. The molecule has 1 aromatic heterocycles. The highest BCUT2D eigenvalue weighted by molar-refractivity contribution is 6.28. The van der Waals surface area contributed by atoms with Gasteiger partial charge in [0.05, 0.1) is 18.5 Å². The van der Waals surface area contributed by atoms with Crippen molar-refractivity contribution in [3.63, 3.8) is 0 Å². The molecule has 3 fully saturated rings. The van der Waals surface area contributed by atoms with Crippen LogP contribution < -0.4 is 26.0 Å². The van der Waals surface area contributed by atoms with Crippen LogP contribution in [0.3, 0.4) is 0 Å². The zero-order valence-electron chi connectivity index (χ0n) is 26.6. The highest BCUT2D eigenvalue weighted by Gasteiger charge is 2.58. The molecule has 5 atom stereocenters. The quantitative estimate of drug-likeness (QED) is 0.429. The molecule has 5 N–H and O–H groups in total. The van der Waals surface area contributed by atoms with Crippen LogP contribution in [0, 0.1) is 11.8 Å². The van der Waals surface area contributed by atoms with Gasteiger partial charge in [-0.3, -0.25) is 4.79 Å². The van der Waals surface area contributed by atoms with Crippen LogP contribution in [-0.4, -0.2) is 61.7 Å². The Balaban J connectivity index is 0.000000559. The number of carbonyl (C=O) groups excluding carboxylic acids is 3. The van der Waals surface area contributed by atoms with Gasteiger partial charge in [0.25, 0.3) is 5.15 Å². The molecule has 9 nitrogen and oxygen atoms in total. The Morgan fingerprint density at radius 3 is 2.40 bits per heavy atom. The second-order valence-corrected chi connectivity index (χ2v) is 13.7. The molecule has 0 radical (unpaired) electrons. The van der Waals surface area contributed by atoms with E-state index in [1.165, 1.54) is 37.7 Å². The number of alkyl halides is 3. The molecule has 2 aliphatic heterocycles. The first-order valence-corrected chi connectivity index (χ1v) is 17.0. The number of aromatic amines is 1. The number of carbonyl (C=O) groups is 3. The van der Waals surface area contributed by atoms with E-state index in [0.717, 1.165) is 56.6 Å². The molecular weight excluding hydrogens is 635 g/mol. The molecule has 1 saturated carbocycles. The molecule has 4 aliphatic rings. The number of pyridine rings is 1. The van der Waals surface area contributed by atoms with Gasteiger partial charge in [0, 0.05) is 31.3 Å². The van der Waals surface area contributed by atoms with Crippen LogP contribution in [0.25, 0.3) is 0 Å². The monoisotopic (exact) mass is 678 g/mol. The van der Waals surface area contributed by atoms with E-state index in [2.05, 4.69) is 62.2 Å². The van der Waals surface area contributed by atoms with Crippen LogP contribution in [0.2, 0.25) is 5.15 Å². The fraction of sp³-hybridized carbons (Fsp3) is 0.588. The van der Waals surface area contributed by atoms with E-state index in [4.69, 9.17) is 21.5 Å². The zero-order chi connectivity index (χ0) is 33.8. The molecule has 6 rings (SSSR count). The molecule has 3 heterocycles. The molecule has 256 valence electrons. The van der Waals surface area contributed by atoms with Crippen molar-refractivity contribution in [2.24, 2.45) is 11.8 Å². The number of amides is 3. The minimum atomic E-state index is -5.19. The number of aliphatic carboxylic acids is 1. The van der Waals surface area contributed by atoms with E-state index in [-0.39, 0.29) is 23.4 Å². The van der Waals surface area contributed by atoms with Crippen molar-refractivity contribution in [3.05, 3.63) is 64.4 Å². The Labute approximate surface area is 278 Å². The van der Waals surface area contributed by atoms with Gasteiger partial charge >= 0.3 is 12.2 Å². The first-order valence-electron chi connectivity index (χ1n) is 16.6. The SMILES string of the molecule is CNC(=O)NC1CC[C@]2(C[NH2+]CC2C(=O)N2CC[C@@H](c3ccccc3)C[C@H]2C2CCCCC2)c2ccc(Cl)[nH+]c21.O=C([O-])C(F)(F)F. The molecule has 47 heavy (non-hydrogen) atoms. The lowest BCUT2D eigenvalue weighted by Crippen LogP contribution is -2.82. The predicted molar refractivity (Wildman–Crippen MR) is 166 cm³/mol. The number of halogens is 4. The zero-order valence-corrected chi connectivity index (χ0v) is 27.3. The summed E-state index contributed by atoms with van der Waals surface area (Å²) in [5, 5.41) is 17.4. The van der Waals surface area contributed by atoms with Crippen molar-refractivity contribution < 1.29 is 43.0 Å². The number of fused-ring (bicyclic) bond motifs is 2. The Bertz CT molecular complexity index is 1420. The van der Waals surface area contributed by atoms with Crippen molar-refractivity contribution >= 4 is 29.5 Å². The summed E-state index contributed by atoms with van der Waals surface area (Å²) in [5.41, 5.74) is 3.25. The standard InChI is InChI=1S/C32H42ClN5O2.C2HF3O2/c1-34-31(40)36-26-14-16-32(24-12-13-28(33)37-29(24)26)20-35-19-25(32)30(39)38-17-15-23(21-8-4-2-5-9-21)18-27(38)22-10-6-3-7-11-22;3-2(4,5)1(6)7/h2,4-5,8-9,12-13,22-23,25-27,35H,3,6-7,10-11,14-20H2,1H3,(H2,34,36,40);(H,6,7)/p+1/t23-,25?,26?,27+,32+;/m1./s1. The van der Waals surface area contributed by atoms with Gasteiger partial charge in [0.1, 0.15) is 17.9 Å². The molecule has 3 amide bonds. The summed E-state index contributed by atoms with van der Waals surface area (Å²) in [7, 11) is 1.63. The summed E-state index contributed by atoms with van der Waals surface area (Å²) >= 11 is 6.43. The number of likely N-dealkylation sites (tertiary alicyclic amines) is 1. The average Bonchev–Trinajstić information content (AvgIpc) is 3.50. The number of aromatic nitrogens is 1. The van der Waals surface area contributed by atoms with Crippen LogP contribution in [0.1, 0.15) is 86.6 Å². The number of piperidine rings is 1. The number of carboxylic acid groups (broad SMARTS) is 1. The number of nitrogens with two attached hydrogens (primary N) is 1. The Hall–Kier alpha value is -3.38. The summed E-state index contributed by atoms with van der Waals surface area (Å²) in [6.07, 6.45) is 4.91. The number of rotatable bonds is 4. The van der Waals surface area contributed by atoms with Crippen LogP contribution >= 0.6 is 11.6 Å². The average molecular weight is 679 g/mol. The van der Waals surface area contributed by atoms with Crippen LogP contribution in [0.15, 0.2) is 42.5 Å². The second-order valence-electron chi connectivity index (χ2n) is 13.3. The third-order valence-electron chi connectivity index (χ3n) is 10.7. The van der Waals surface area contributed by atoms with Crippen molar-refractivity contribution in [3.8, 4) is 0 Å².